The second-order valence-corrected chi connectivity index (χ2v) is 6.26. The molecule has 0 atom stereocenters. The summed E-state index contributed by atoms with van der Waals surface area (Å²) in [5.74, 6) is 0.104. The average molecular weight is 324 g/mol. The van der Waals surface area contributed by atoms with Crippen LogP contribution in [0.1, 0.15) is 27.0 Å². The number of halogens is 1. The van der Waals surface area contributed by atoms with Crippen LogP contribution in [0.15, 0.2) is 34.8 Å². The largest absolute Gasteiger partial charge is 0.399 e. The lowest BCUT2D eigenvalue weighted by atomic mass is 10.1. The number of rotatable bonds is 4. The number of anilines is 1. The van der Waals surface area contributed by atoms with Crippen molar-refractivity contribution in [2.75, 3.05) is 5.73 Å². The van der Waals surface area contributed by atoms with Crippen molar-refractivity contribution in [2.24, 2.45) is 0 Å². The number of ketones is 1. The summed E-state index contributed by atoms with van der Waals surface area (Å²) in [4.78, 5) is 14.6. The SMILES string of the molecule is CCc1ccc(CC(=O)c2cc(N)cc(Br)c2)s1. The molecule has 1 aromatic carbocycles. The summed E-state index contributed by atoms with van der Waals surface area (Å²) in [6.07, 6.45) is 1.46. The van der Waals surface area contributed by atoms with Crippen LogP contribution < -0.4 is 5.73 Å². The molecule has 0 spiro atoms. The maximum absolute atomic E-state index is 12.1. The molecular weight excluding hydrogens is 310 g/mol. The van der Waals surface area contributed by atoms with Gasteiger partial charge in [0.1, 0.15) is 0 Å². The lowest BCUT2D eigenvalue weighted by Crippen LogP contribution is -2.03. The van der Waals surface area contributed by atoms with E-state index in [1.807, 2.05) is 12.1 Å². The van der Waals surface area contributed by atoms with Gasteiger partial charge in [-0.25, -0.2) is 0 Å². The predicted molar refractivity (Wildman–Crippen MR) is 80.3 cm³/mol. The number of thiophene rings is 1. The average Bonchev–Trinajstić information content (AvgIpc) is 2.75. The van der Waals surface area contributed by atoms with E-state index in [1.165, 1.54) is 4.88 Å². The highest BCUT2D eigenvalue weighted by Gasteiger charge is 2.10. The molecule has 2 nitrogen and oxygen atoms in total. The Morgan fingerprint density at radius 1 is 1.28 bits per heavy atom. The second kappa shape index (κ2) is 5.67. The molecule has 0 aliphatic rings. The summed E-state index contributed by atoms with van der Waals surface area (Å²) in [6.45, 7) is 2.12. The van der Waals surface area contributed by atoms with E-state index < -0.39 is 0 Å². The first-order valence-corrected chi connectivity index (χ1v) is 7.36. The van der Waals surface area contributed by atoms with Gasteiger partial charge in [0.15, 0.2) is 5.78 Å². The normalized spacial score (nSPS) is 10.6. The molecule has 2 rings (SSSR count). The molecule has 0 unspecified atom stereocenters. The van der Waals surface area contributed by atoms with E-state index in [4.69, 9.17) is 5.73 Å². The number of hydrogen-bond donors (Lipinski definition) is 1. The smallest absolute Gasteiger partial charge is 0.168 e. The minimum absolute atomic E-state index is 0.104. The van der Waals surface area contributed by atoms with Crippen LogP contribution in [0.3, 0.4) is 0 Å². The zero-order chi connectivity index (χ0) is 13.1. The lowest BCUT2D eigenvalue weighted by Gasteiger charge is -2.02. The fourth-order valence-corrected chi connectivity index (χ4v) is 3.21. The number of benzene rings is 1. The quantitative estimate of drug-likeness (QED) is 0.680. The van der Waals surface area contributed by atoms with Gasteiger partial charge < -0.3 is 5.73 Å². The van der Waals surface area contributed by atoms with Gasteiger partial charge in [-0.2, -0.15) is 0 Å². The van der Waals surface area contributed by atoms with Crippen LogP contribution in [0.4, 0.5) is 5.69 Å². The lowest BCUT2D eigenvalue weighted by molar-refractivity contribution is 0.0994. The Bertz CT molecular complexity index is 557. The third-order valence-corrected chi connectivity index (χ3v) is 4.33. The van der Waals surface area contributed by atoms with E-state index in [0.717, 1.165) is 15.8 Å². The molecule has 1 aromatic heterocycles. The molecular formula is C14H14BrNOS. The van der Waals surface area contributed by atoms with Crippen molar-refractivity contribution >= 4 is 38.7 Å². The first-order chi connectivity index (χ1) is 8.58. The fourth-order valence-electron chi connectivity index (χ4n) is 1.74. The minimum atomic E-state index is 0.104. The van der Waals surface area contributed by atoms with Crippen LogP contribution in [0.25, 0.3) is 0 Å². The predicted octanol–water partition coefficient (Wildman–Crippen LogP) is 4.08. The number of carbonyl (C=O) groups is 1. The van der Waals surface area contributed by atoms with E-state index in [0.29, 0.717) is 17.7 Å². The zero-order valence-corrected chi connectivity index (χ0v) is 12.5. The molecule has 1 heterocycles. The highest BCUT2D eigenvalue weighted by atomic mass is 79.9. The zero-order valence-electron chi connectivity index (χ0n) is 10.1. The number of nitrogen functional groups attached to an aromatic ring is 1. The van der Waals surface area contributed by atoms with E-state index in [1.54, 1.807) is 23.5 Å². The van der Waals surface area contributed by atoms with Crippen LogP contribution in [0, 0.1) is 0 Å². The van der Waals surface area contributed by atoms with Gasteiger partial charge >= 0.3 is 0 Å². The maximum atomic E-state index is 12.1. The third kappa shape index (κ3) is 3.21. The monoisotopic (exact) mass is 323 g/mol. The number of nitrogens with two attached hydrogens (primary N) is 1. The molecule has 0 amide bonds. The van der Waals surface area contributed by atoms with Gasteiger partial charge in [-0.1, -0.05) is 22.9 Å². The van der Waals surface area contributed by atoms with Gasteiger partial charge in [-0.15, -0.1) is 11.3 Å². The first kappa shape index (κ1) is 13.3. The van der Waals surface area contributed by atoms with Gasteiger partial charge in [-0.3, -0.25) is 4.79 Å². The molecule has 94 valence electrons. The number of aryl methyl sites for hydroxylation is 1. The molecule has 4 heteroatoms. The van der Waals surface area contributed by atoms with Gasteiger partial charge in [-0.05, 0) is 36.8 Å². The molecule has 0 aliphatic heterocycles. The molecule has 0 bridgehead atoms. The highest BCUT2D eigenvalue weighted by molar-refractivity contribution is 9.10. The molecule has 0 saturated heterocycles. The van der Waals surface area contributed by atoms with Gasteiger partial charge in [0.05, 0.1) is 0 Å². The van der Waals surface area contributed by atoms with E-state index in [9.17, 15) is 4.79 Å². The van der Waals surface area contributed by atoms with Crippen molar-refractivity contribution in [1.29, 1.82) is 0 Å². The van der Waals surface area contributed by atoms with Crippen molar-refractivity contribution in [1.82, 2.24) is 0 Å². The molecule has 0 fully saturated rings. The van der Waals surface area contributed by atoms with Crippen molar-refractivity contribution in [3.8, 4) is 0 Å². The summed E-state index contributed by atoms with van der Waals surface area (Å²) in [5.41, 5.74) is 7.00. The summed E-state index contributed by atoms with van der Waals surface area (Å²) >= 11 is 5.05. The third-order valence-electron chi connectivity index (χ3n) is 2.64. The Balaban J connectivity index is 2.16. The molecule has 2 N–H and O–H groups in total. The fraction of sp³-hybridized carbons (Fsp3) is 0.214. The van der Waals surface area contributed by atoms with E-state index in [-0.39, 0.29) is 5.78 Å². The standard InChI is InChI=1S/C14H14BrNOS/c1-2-12-3-4-13(18-12)8-14(17)9-5-10(15)7-11(16)6-9/h3-7H,2,8,16H2,1H3. The van der Waals surface area contributed by atoms with E-state index in [2.05, 4.69) is 28.9 Å². The number of Topliss-reactive ketones (excluding diaryl/α,β-unsaturated/α-hetero) is 1. The van der Waals surface area contributed by atoms with Crippen LogP contribution in [-0.2, 0) is 12.8 Å². The van der Waals surface area contributed by atoms with E-state index >= 15 is 0 Å². The summed E-state index contributed by atoms with van der Waals surface area (Å²) in [5, 5.41) is 0. The highest BCUT2D eigenvalue weighted by Crippen LogP contribution is 2.22. The Morgan fingerprint density at radius 2 is 2.00 bits per heavy atom. The first-order valence-electron chi connectivity index (χ1n) is 5.75. The van der Waals surface area contributed by atoms with Crippen molar-refractivity contribution in [3.63, 3.8) is 0 Å². The molecule has 0 saturated carbocycles. The van der Waals surface area contributed by atoms with Crippen LogP contribution in [0.5, 0.6) is 0 Å². The summed E-state index contributed by atoms with van der Waals surface area (Å²) in [6, 6.07) is 9.44. The molecule has 18 heavy (non-hydrogen) atoms. The Morgan fingerprint density at radius 3 is 2.61 bits per heavy atom. The number of hydrogen-bond acceptors (Lipinski definition) is 3. The Labute approximate surface area is 119 Å². The Hall–Kier alpha value is -1.13. The van der Waals surface area contributed by atoms with Gasteiger partial charge in [0, 0.05) is 31.9 Å². The molecule has 0 radical (unpaired) electrons. The van der Waals surface area contributed by atoms with Crippen molar-refractivity contribution in [2.45, 2.75) is 19.8 Å². The molecule has 0 aliphatic carbocycles. The van der Waals surface area contributed by atoms with Crippen LogP contribution in [0.2, 0.25) is 0 Å². The summed E-state index contributed by atoms with van der Waals surface area (Å²) < 4.78 is 0.839. The number of carbonyl (C=O) groups excluding carboxylic acids is 1. The summed E-state index contributed by atoms with van der Waals surface area (Å²) in [7, 11) is 0. The van der Waals surface area contributed by atoms with Crippen LogP contribution in [-0.4, -0.2) is 5.78 Å². The Kier molecular flexibility index (Phi) is 4.19. The van der Waals surface area contributed by atoms with Gasteiger partial charge in [0.2, 0.25) is 0 Å². The topological polar surface area (TPSA) is 43.1 Å². The molecule has 2 aromatic rings. The van der Waals surface area contributed by atoms with Crippen LogP contribution >= 0.6 is 27.3 Å². The minimum Gasteiger partial charge on any atom is -0.399 e. The maximum Gasteiger partial charge on any atom is 0.168 e. The van der Waals surface area contributed by atoms with Crippen molar-refractivity contribution < 1.29 is 4.79 Å². The second-order valence-electron chi connectivity index (χ2n) is 4.09. The van der Waals surface area contributed by atoms with Crippen molar-refractivity contribution in [3.05, 3.63) is 50.1 Å². The van der Waals surface area contributed by atoms with Gasteiger partial charge in [0.25, 0.3) is 0 Å².